The van der Waals surface area contributed by atoms with Crippen molar-refractivity contribution in [1.29, 1.82) is 0 Å². The third-order valence-electron chi connectivity index (χ3n) is 4.97. The summed E-state index contributed by atoms with van der Waals surface area (Å²) in [4.78, 5) is 2.50. The van der Waals surface area contributed by atoms with Crippen LogP contribution < -0.4 is 5.32 Å². The molecule has 0 spiro atoms. The number of morpholine rings is 1. The molecule has 1 N–H and O–H groups in total. The average Bonchev–Trinajstić information content (AvgIpc) is 3.02. The van der Waals surface area contributed by atoms with Crippen LogP contribution in [0.5, 0.6) is 0 Å². The Labute approximate surface area is 111 Å². The predicted molar refractivity (Wildman–Crippen MR) is 73.6 cm³/mol. The van der Waals surface area contributed by atoms with Crippen molar-refractivity contribution in [2.75, 3.05) is 39.4 Å². The van der Waals surface area contributed by atoms with E-state index in [2.05, 4.69) is 29.3 Å². The van der Waals surface area contributed by atoms with Crippen molar-refractivity contribution in [2.24, 2.45) is 17.8 Å². The van der Waals surface area contributed by atoms with Gasteiger partial charge in [-0.25, -0.2) is 0 Å². The average molecular weight is 250 g/mol. The van der Waals surface area contributed by atoms with Gasteiger partial charge < -0.3 is 10.1 Å². The lowest BCUT2D eigenvalue weighted by Crippen LogP contribution is -2.43. The van der Waals surface area contributed by atoms with E-state index in [0.717, 1.165) is 50.6 Å². The Morgan fingerprint density at radius 1 is 1.28 bits per heavy atom. The lowest BCUT2D eigenvalue weighted by atomic mass is 9.87. The third kappa shape index (κ3) is 2.79. The lowest BCUT2D eigenvalue weighted by Gasteiger charge is -2.29. The van der Waals surface area contributed by atoms with E-state index in [4.69, 9.17) is 4.74 Å². The number of fused-ring (bicyclic) bond motifs is 2. The van der Waals surface area contributed by atoms with Gasteiger partial charge in [-0.2, -0.15) is 0 Å². The monoisotopic (exact) mass is 250 g/mol. The second-order valence-corrected chi connectivity index (χ2v) is 6.14. The Hall–Kier alpha value is -0.380. The molecule has 2 bridgehead atoms. The molecule has 0 radical (unpaired) electrons. The highest BCUT2D eigenvalue weighted by Gasteiger charge is 2.38. The summed E-state index contributed by atoms with van der Waals surface area (Å²) in [5, 5.41) is 3.74. The number of nitrogens with zero attached hydrogens (tertiary/aromatic N) is 1. The van der Waals surface area contributed by atoms with Crippen molar-refractivity contribution in [3.8, 4) is 0 Å². The van der Waals surface area contributed by atoms with Gasteiger partial charge in [-0.05, 0) is 37.5 Å². The fraction of sp³-hybridized carbons (Fsp3) is 0.867. The minimum atomic E-state index is 0.672. The van der Waals surface area contributed by atoms with Crippen molar-refractivity contribution in [3.05, 3.63) is 12.2 Å². The summed E-state index contributed by atoms with van der Waals surface area (Å²) in [6.45, 7) is 8.70. The van der Waals surface area contributed by atoms with Gasteiger partial charge in [0.1, 0.15) is 0 Å². The molecule has 1 heterocycles. The summed E-state index contributed by atoms with van der Waals surface area (Å²) in [6, 6.07) is 0.672. The molecule has 1 saturated carbocycles. The molecule has 1 saturated heterocycles. The maximum atomic E-state index is 5.37. The Morgan fingerprint density at radius 2 is 2.11 bits per heavy atom. The summed E-state index contributed by atoms with van der Waals surface area (Å²) >= 11 is 0. The van der Waals surface area contributed by atoms with Crippen LogP contribution in [0.4, 0.5) is 0 Å². The Bertz CT molecular complexity index is 299. The Balaban J connectivity index is 1.36. The molecule has 0 amide bonds. The molecule has 2 aliphatic carbocycles. The first-order valence-electron chi connectivity index (χ1n) is 7.55. The molecular formula is C15H26N2O. The van der Waals surface area contributed by atoms with Crippen LogP contribution in [0.1, 0.15) is 19.8 Å². The quantitative estimate of drug-likeness (QED) is 0.749. The summed E-state index contributed by atoms with van der Waals surface area (Å²) in [6.07, 6.45) is 7.72. The van der Waals surface area contributed by atoms with Crippen LogP contribution in [0.2, 0.25) is 0 Å². The molecule has 0 aromatic carbocycles. The maximum absolute atomic E-state index is 5.37. The van der Waals surface area contributed by atoms with E-state index in [9.17, 15) is 0 Å². The van der Waals surface area contributed by atoms with Crippen molar-refractivity contribution in [1.82, 2.24) is 10.2 Å². The first kappa shape index (κ1) is 12.6. The largest absolute Gasteiger partial charge is 0.379 e. The molecule has 1 aliphatic heterocycles. The van der Waals surface area contributed by atoms with Gasteiger partial charge in [-0.1, -0.05) is 12.2 Å². The zero-order valence-electron chi connectivity index (χ0n) is 11.5. The smallest absolute Gasteiger partial charge is 0.0594 e. The number of hydrogen-bond acceptors (Lipinski definition) is 3. The van der Waals surface area contributed by atoms with Crippen molar-refractivity contribution >= 4 is 0 Å². The van der Waals surface area contributed by atoms with E-state index in [1.165, 1.54) is 19.4 Å². The summed E-state index contributed by atoms with van der Waals surface area (Å²) < 4.78 is 5.37. The number of rotatable bonds is 5. The number of ether oxygens (including phenoxy) is 1. The summed E-state index contributed by atoms with van der Waals surface area (Å²) in [5.74, 6) is 2.63. The summed E-state index contributed by atoms with van der Waals surface area (Å²) in [7, 11) is 0. The van der Waals surface area contributed by atoms with Crippen LogP contribution in [0.15, 0.2) is 12.2 Å². The molecule has 3 heteroatoms. The second-order valence-electron chi connectivity index (χ2n) is 6.14. The van der Waals surface area contributed by atoms with E-state index < -0.39 is 0 Å². The van der Waals surface area contributed by atoms with E-state index >= 15 is 0 Å². The van der Waals surface area contributed by atoms with Crippen LogP contribution in [0, 0.1) is 17.8 Å². The van der Waals surface area contributed by atoms with E-state index in [0.29, 0.717) is 6.04 Å². The molecule has 3 aliphatic rings. The van der Waals surface area contributed by atoms with Gasteiger partial charge in [0.15, 0.2) is 0 Å². The van der Waals surface area contributed by atoms with Gasteiger partial charge in [-0.3, -0.25) is 4.90 Å². The number of hydrogen-bond donors (Lipinski definition) is 1. The highest BCUT2D eigenvalue weighted by atomic mass is 16.5. The molecule has 4 atom stereocenters. The van der Waals surface area contributed by atoms with Crippen LogP contribution in [-0.2, 0) is 4.74 Å². The molecule has 2 fully saturated rings. The Morgan fingerprint density at radius 3 is 2.78 bits per heavy atom. The zero-order chi connectivity index (χ0) is 12.4. The molecule has 18 heavy (non-hydrogen) atoms. The minimum Gasteiger partial charge on any atom is -0.379 e. The molecule has 0 aromatic heterocycles. The van der Waals surface area contributed by atoms with Crippen LogP contribution in [0.3, 0.4) is 0 Å². The fourth-order valence-electron chi connectivity index (χ4n) is 3.82. The first-order valence-corrected chi connectivity index (χ1v) is 7.55. The zero-order valence-corrected chi connectivity index (χ0v) is 11.5. The van der Waals surface area contributed by atoms with Gasteiger partial charge in [0.25, 0.3) is 0 Å². The molecule has 102 valence electrons. The number of nitrogens with one attached hydrogen (secondary N) is 1. The normalized spacial score (nSPS) is 37.3. The minimum absolute atomic E-state index is 0.672. The van der Waals surface area contributed by atoms with Gasteiger partial charge in [-0.15, -0.1) is 0 Å². The fourth-order valence-corrected chi connectivity index (χ4v) is 3.82. The molecular weight excluding hydrogens is 224 g/mol. The van der Waals surface area contributed by atoms with E-state index in [1.54, 1.807) is 0 Å². The maximum Gasteiger partial charge on any atom is 0.0594 e. The van der Waals surface area contributed by atoms with Crippen molar-refractivity contribution in [3.63, 3.8) is 0 Å². The SMILES string of the molecule is CC(NCCN1CCOCC1)C1CC2C=CC1C2. The van der Waals surface area contributed by atoms with E-state index in [-0.39, 0.29) is 0 Å². The third-order valence-corrected chi connectivity index (χ3v) is 4.97. The van der Waals surface area contributed by atoms with Crippen molar-refractivity contribution < 1.29 is 4.74 Å². The second kappa shape index (κ2) is 5.72. The summed E-state index contributed by atoms with van der Waals surface area (Å²) in [5.41, 5.74) is 0. The van der Waals surface area contributed by atoms with E-state index in [1.807, 2.05) is 0 Å². The van der Waals surface area contributed by atoms with Crippen LogP contribution in [-0.4, -0.2) is 50.3 Å². The highest BCUT2D eigenvalue weighted by molar-refractivity contribution is 5.11. The highest BCUT2D eigenvalue weighted by Crippen LogP contribution is 2.44. The standard InChI is InChI=1S/C15H26N2O/c1-12(15-11-13-2-3-14(15)10-13)16-4-5-17-6-8-18-9-7-17/h2-3,12-16H,4-11H2,1H3. The van der Waals surface area contributed by atoms with Gasteiger partial charge in [0, 0.05) is 32.2 Å². The molecule has 4 unspecified atom stereocenters. The van der Waals surface area contributed by atoms with Crippen molar-refractivity contribution in [2.45, 2.75) is 25.8 Å². The van der Waals surface area contributed by atoms with Crippen LogP contribution >= 0.6 is 0 Å². The van der Waals surface area contributed by atoms with Gasteiger partial charge in [0.2, 0.25) is 0 Å². The first-order chi connectivity index (χ1) is 8.83. The van der Waals surface area contributed by atoms with Crippen LogP contribution in [0.25, 0.3) is 0 Å². The van der Waals surface area contributed by atoms with Gasteiger partial charge in [0.05, 0.1) is 13.2 Å². The molecule has 3 nitrogen and oxygen atoms in total. The molecule has 0 aromatic rings. The number of allylic oxidation sites excluding steroid dienone is 2. The Kier molecular flexibility index (Phi) is 4.02. The topological polar surface area (TPSA) is 24.5 Å². The predicted octanol–water partition coefficient (Wildman–Crippen LogP) is 1.51. The van der Waals surface area contributed by atoms with Gasteiger partial charge >= 0.3 is 0 Å². The molecule has 3 rings (SSSR count). The lowest BCUT2D eigenvalue weighted by molar-refractivity contribution is 0.0379.